The molecule has 0 spiro atoms. The third-order valence-electron chi connectivity index (χ3n) is 8.57. The van der Waals surface area contributed by atoms with Crippen molar-refractivity contribution in [1.82, 2.24) is 9.97 Å². The van der Waals surface area contributed by atoms with E-state index in [1.54, 1.807) is 18.5 Å². The fourth-order valence-corrected chi connectivity index (χ4v) is 6.10. The van der Waals surface area contributed by atoms with Gasteiger partial charge in [0.15, 0.2) is 0 Å². The Morgan fingerprint density at radius 1 is 0.529 bits per heavy atom. The lowest BCUT2D eigenvalue weighted by atomic mass is 10.0. The quantitative estimate of drug-likeness (QED) is 0.149. The van der Waals surface area contributed by atoms with Crippen molar-refractivity contribution in [3.8, 4) is 11.5 Å². The molecular formula is C43H30N4O4. The van der Waals surface area contributed by atoms with Gasteiger partial charge in [0.2, 0.25) is 0 Å². The number of nitrogens with one attached hydrogen (secondary N) is 2. The molecule has 6 aromatic carbocycles. The zero-order chi connectivity index (χ0) is 34.6. The van der Waals surface area contributed by atoms with E-state index in [0.717, 1.165) is 32.3 Å². The van der Waals surface area contributed by atoms with Crippen LogP contribution in [0, 0.1) is 0 Å². The van der Waals surface area contributed by atoms with Gasteiger partial charge in [0, 0.05) is 23.2 Å². The molecule has 51 heavy (non-hydrogen) atoms. The van der Waals surface area contributed by atoms with Gasteiger partial charge in [-0.2, -0.15) is 0 Å². The van der Waals surface area contributed by atoms with Crippen LogP contribution in [0.5, 0.6) is 11.5 Å². The summed E-state index contributed by atoms with van der Waals surface area (Å²) in [4.78, 5) is 36.3. The van der Waals surface area contributed by atoms with Gasteiger partial charge in [-0.05, 0) is 76.2 Å². The molecule has 8 rings (SSSR count). The molecule has 2 aromatic heterocycles. The lowest BCUT2D eigenvalue weighted by Gasteiger charge is -2.14. The first kappa shape index (κ1) is 31.2. The lowest BCUT2D eigenvalue weighted by Crippen LogP contribution is -2.14. The van der Waals surface area contributed by atoms with Crippen molar-refractivity contribution < 1.29 is 19.1 Å². The lowest BCUT2D eigenvalue weighted by molar-refractivity contribution is 0.101. The number of fused-ring (bicyclic) bond motifs is 4. The zero-order valence-electron chi connectivity index (χ0n) is 27.2. The zero-order valence-corrected chi connectivity index (χ0v) is 27.2. The molecule has 246 valence electrons. The number of nitrogens with zero attached hydrogens (tertiary/aromatic N) is 2. The molecule has 0 saturated carbocycles. The topological polar surface area (TPSA) is 102 Å². The first-order valence-corrected chi connectivity index (χ1v) is 16.4. The Balaban J connectivity index is 1.03. The van der Waals surface area contributed by atoms with Gasteiger partial charge in [0.25, 0.3) is 11.8 Å². The Labute approximate surface area is 293 Å². The van der Waals surface area contributed by atoms with E-state index in [2.05, 4.69) is 20.6 Å². The van der Waals surface area contributed by atoms with Crippen molar-refractivity contribution in [2.45, 2.75) is 0 Å². The van der Waals surface area contributed by atoms with Gasteiger partial charge in [-0.15, -0.1) is 0 Å². The van der Waals surface area contributed by atoms with Gasteiger partial charge in [-0.1, -0.05) is 84.9 Å². The summed E-state index contributed by atoms with van der Waals surface area (Å²) in [5.41, 5.74) is 3.36. The SMILES string of the molecule is O=C(Nc1cccc2cccnc12)c1cc2ccccc2cc1O/C=C/COc1cc2ccccc2cc1C(=O)Nc1cccc2cccnc12. The monoisotopic (exact) mass is 666 g/mol. The fraction of sp³-hybridized carbons (Fsp3) is 0.0233. The molecule has 2 N–H and O–H groups in total. The number of pyridine rings is 2. The highest BCUT2D eigenvalue weighted by molar-refractivity contribution is 6.12. The second-order valence-electron chi connectivity index (χ2n) is 11.9. The number of amides is 2. The minimum Gasteiger partial charge on any atom is -0.489 e. The van der Waals surface area contributed by atoms with Gasteiger partial charge < -0.3 is 20.1 Å². The Hall–Kier alpha value is -7.06. The maximum Gasteiger partial charge on any atom is 0.259 e. The number of rotatable bonds is 9. The molecule has 8 heteroatoms. The molecule has 8 aromatic rings. The molecule has 0 aliphatic rings. The van der Waals surface area contributed by atoms with E-state index in [-0.39, 0.29) is 18.4 Å². The Kier molecular flexibility index (Phi) is 8.46. The first-order valence-electron chi connectivity index (χ1n) is 16.4. The summed E-state index contributed by atoms with van der Waals surface area (Å²) in [6.45, 7) is 0.102. The van der Waals surface area contributed by atoms with E-state index in [9.17, 15) is 9.59 Å². The van der Waals surface area contributed by atoms with Gasteiger partial charge in [-0.3, -0.25) is 19.6 Å². The van der Waals surface area contributed by atoms with Crippen LogP contribution in [-0.4, -0.2) is 28.4 Å². The number of carbonyl (C=O) groups excluding carboxylic acids is 2. The van der Waals surface area contributed by atoms with Crippen molar-refractivity contribution in [3.63, 3.8) is 0 Å². The predicted molar refractivity (Wildman–Crippen MR) is 203 cm³/mol. The molecule has 0 bridgehead atoms. The van der Waals surface area contributed by atoms with Gasteiger partial charge in [0.05, 0.1) is 39.8 Å². The molecule has 0 fully saturated rings. The van der Waals surface area contributed by atoms with Crippen LogP contribution in [0.2, 0.25) is 0 Å². The molecule has 2 heterocycles. The van der Waals surface area contributed by atoms with Crippen LogP contribution in [0.3, 0.4) is 0 Å². The molecule has 0 radical (unpaired) electrons. The number of benzene rings is 6. The number of carbonyl (C=O) groups is 2. The number of hydrogen-bond acceptors (Lipinski definition) is 6. The highest BCUT2D eigenvalue weighted by Gasteiger charge is 2.18. The summed E-state index contributed by atoms with van der Waals surface area (Å²) in [7, 11) is 0. The van der Waals surface area contributed by atoms with Gasteiger partial charge in [0.1, 0.15) is 18.1 Å². The fourth-order valence-electron chi connectivity index (χ4n) is 6.10. The smallest absolute Gasteiger partial charge is 0.259 e. The van der Waals surface area contributed by atoms with E-state index >= 15 is 0 Å². The molecule has 8 nitrogen and oxygen atoms in total. The van der Waals surface area contributed by atoms with Crippen LogP contribution in [0.4, 0.5) is 11.4 Å². The van der Waals surface area contributed by atoms with Crippen LogP contribution < -0.4 is 20.1 Å². The second kappa shape index (κ2) is 13.8. The van der Waals surface area contributed by atoms with E-state index in [1.807, 2.05) is 133 Å². The Bertz CT molecular complexity index is 2620. The van der Waals surface area contributed by atoms with Crippen LogP contribution >= 0.6 is 0 Å². The number of ether oxygens (including phenoxy) is 2. The van der Waals surface area contributed by atoms with Crippen molar-refractivity contribution in [2.75, 3.05) is 17.2 Å². The minimum atomic E-state index is -0.327. The number of hydrogen-bond donors (Lipinski definition) is 2. The summed E-state index contributed by atoms with van der Waals surface area (Å²) in [5, 5.41) is 11.6. The third-order valence-corrected chi connectivity index (χ3v) is 8.57. The maximum absolute atomic E-state index is 13.7. The largest absolute Gasteiger partial charge is 0.489 e. The van der Waals surface area contributed by atoms with Gasteiger partial charge in [-0.25, -0.2) is 0 Å². The van der Waals surface area contributed by atoms with Crippen molar-refractivity contribution in [2.24, 2.45) is 0 Å². The first-order chi connectivity index (χ1) is 25.1. The highest BCUT2D eigenvalue weighted by Crippen LogP contribution is 2.30. The molecule has 0 aliphatic heterocycles. The molecule has 0 saturated heterocycles. The summed E-state index contributed by atoms with van der Waals surface area (Å²) < 4.78 is 12.2. The molecule has 0 atom stereocenters. The molecule has 0 unspecified atom stereocenters. The third kappa shape index (κ3) is 6.54. The normalized spacial score (nSPS) is 11.3. The van der Waals surface area contributed by atoms with Crippen molar-refractivity contribution >= 4 is 66.5 Å². The molecule has 2 amide bonds. The van der Waals surface area contributed by atoms with Crippen LogP contribution in [0.15, 0.2) is 158 Å². The van der Waals surface area contributed by atoms with Crippen molar-refractivity contribution in [1.29, 1.82) is 0 Å². The van der Waals surface area contributed by atoms with E-state index in [1.165, 1.54) is 6.26 Å². The Morgan fingerprint density at radius 2 is 0.980 bits per heavy atom. The van der Waals surface area contributed by atoms with Crippen LogP contribution in [0.1, 0.15) is 20.7 Å². The standard InChI is InChI=1S/C43H30N4O4/c48-42(46-36-18-5-14-28-16-7-20-44-40(28)36)34-24-30-10-1-3-12-32(30)26-38(34)50-22-9-23-51-39-27-33-13-4-2-11-31(33)25-35(39)43(49)47-37-19-6-15-29-17-8-21-45-41(29)37/h1-22,24-27H,23H2,(H,46,48)(H,47,49)/b22-9+. The van der Waals surface area contributed by atoms with E-state index in [4.69, 9.17) is 9.47 Å². The maximum atomic E-state index is 13.7. The molecular weight excluding hydrogens is 636 g/mol. The highest BCUT2D eigenvalue weighted by atomic mass is 16.5. The predicted octanol–water partition coefficient (Wildman–Crippen LogP) is 9.57. The number of aromatic nitrogens is 2. The minimum absolute atomic E-state index is 0.102. The molecule has 0 aliphatic carbocycles. The van der Waals surface area contributed by atoms with Gasteiger partial charge >= 0.3 is 0 Å². The second-order valence-corrected chi connectivity index (χ2v) is 11.9. The number of para-hydroxylation sites is 2. The van der Waals surface area contributed by atoms with Crippen LogP contribution in [0.25, 0.3) is 43.4 Å². The number of anilines is 2. The summed E-state index contributed by atoms with van der Waals surface area (Å²) >= 11 is 0. The van der Waals surface area contributed by atoms with E-state index in [0.29, 0.717) is 45.0 Å². The summed E-state index contributed by atoms with van der Waals surface area (Å²) in [6, 6.07) is 41.8. The summed E-state index contributed by atoms with van der Waals surface area (Å²) in [6.07, 6.45) is 6.58. The van der Waals surface area contributed by atoms with E-state index < -0.39 is 0 Å². The average molecular weight is 667 g/mol. The van der Waals surface area contributed by atoms with Crippen LogP contribution in [-0.2, 0) is 0 Å². The Morgan fingerprint density at radius 3 is 1.53 bits per heavy atom. The average Bonchev–Trinajstić information content (AvgIpc) is 3.17. The van der Waals surface area contributed by atoms with Crippen molar-refractivity contribution in [3.05, 3.63) is 169 Å². The summed E-state index contributed by atoms with van der Waals surface area (Å²) in [5.74, 6) is 0.151.